The Kier molecular flexibility index (Phi) is 2.79. The molecule has 0 saturated heterocycles. The molecule has 4 aliphatic carbocycles. The van der Waals surface area contributed by atoms with E-state index in [2.05, 4.69) is 43.4 Å². The standard InChI is InChI=1S/C19H27N/c1-3-20-19-11-15-8-16(12-19)10-18(9-15,13-19)17-7-5-4-6-14(17)2/h4-7,15-16,20H,3,8-13H2,1-2H3. The van der Waals surface area contributed by atoms with Crippen LogP contribution in [0.1, 0.15) is 56.6 Å². The van der Waals surface area contributed by atoms with Crippen molar-refractivity contribution in [2.45, 2.75) is 63.3 Å². The highest BCUT2D eigenvalue weighted by Crippen LogP contribution is 2.62. The highest BCUT2D eigenvalue weighted by molar-refractivity contribution is 5.37. The molecular weight excluding hydrogens is 242 g/mol. The van der Waals surface area contributed by atoms with E-state index in [9.17, 15) is 0 Å². The number of nitrogens with one attached hydrogen (secondary N) is 1. The summed E-state index contributed by atoms with van der Waals surface area (Å²) in [6.45, 7) is 5.72. The van der Waals surface area contributed by atoms with Crippen LogP contribution in [0, 0.1) is 18.8 Å². The third-order valence-corrected chi connectivity index (χ3v) is 6.33. The fourth-order valence-electron chi connectivity index (χ4n) is 6.33. The average molecular weight is 269 g/mol. The quantitative estimate of drug-likeness (QED) is 0.867. The van der Waals surface area contributed by atoms with Gasteiger partial charge in [0.2, 0.25) is 0 Å². The van der Waals surface area contributed by atoms with Crippen LogP contribution in [0.2, 0.25) is 0 Å². The van der Waals surface area contributed by atoms with Crippen LogP contribution in [0.15, 0.2) is 24.3 Å². The molecule has 0 aromatic heterocycles. The molecular formula is C19H27N. The van der Waals surface area contributed by atoms with Crippen LogP contribution in [-0.4, -0.2) is 12.1 Å². The first-order valence-corrected chi connectivity index (χ1v) is 8.46. The van der Waals surface area contributed by atoms with Crippen molar-refractivity contribution in [2.24, 2.45) is 11.8 Å². The summed E-state index contributed by atoms with van der Waals surface area (Å²) < 4.78 is 0. The summed E-state index contributed by atoms with van der Waals surface area (Å²) >= 11 is 0. The smallest absolute Gasteiger partial charge is 0.0195 e. The zero-order valence-electron chi connectivity index (χ0n) is 12.9. The molecule has 1 aromatic carbocycles. The molecule has 2 atom stereocenters. The number of aryl methyl sites for hydroxylation is 1. The van der Waals surface area contributed by atoms with Crippen LogP contribution in [0.5, 0.6) is 0 Å². The van der Waals surface area contributed by atoms with Gasteiger partial charge < -0.3 is 5.32 Å². The van der Waals surface area contributed by atoms with Crippen LogP contribution in [0.3, 0.4) is 0 Å². The molecule has 0 radical (unpaired) electrons. The highest BCUT2D eigenvalue weighted by Gasteiger charge is 2.58. The lowest BCUT2D eigenvalue weighted by Gasteiger charge is -2.63. The molecule has 0 heterocycles. The second kappa shape index (κ2) is 4.34. The molecule has 4 saturated carbocycles. The Labute approximate surface area is 123 Å². The maximum absolute atomic E-state index is 3.90. The normalized spacial score (nSPS) is 42.1. The monoisotopic (exact) mass is 269 g/mol. The summed E-state index contributed by atoms with van der Waals surface area (Å²) in [4.78, 5) is 0. The second-order valence-corrected chi connectivity index (χ2v) is 7.87. The van der Waals surface area contributed by atoms with Crippen LogP contribution in [0.25, 0.3) is 0 Å². The van der Waals surface area contributed by atoms with E-state index < -0.39 is 0 Å². The van der Waals surface area contributed by atoms with Gasteiger partial charge >= 0.3 is 0 Å². The van der Waals surface area contributed by atoms with Crippen molar-refractivity contribution < 1.29 is 0 Å². The molecule has 1 nitrogen and oxygen atoms in total. The van der Waals surface area contributed by atoms with Gasteiger partial charge in [-0.3, -0.25) is 0 Å². The van der Waals surface area contributed by atoms with Crippen molar-refractivity contribution in [3.05, 3.63) is 35.4 Å². The van der Waals surface area contributed by atoms with Crippen molar-refractivity contribution in [3.63, 3.8) is 0 Å². The molecule has 0 amide bonds. The van der Waals surface area contributed by atoms with Gasteiger partial charge in [-0.25, -0.2) is 0 Å². The zero-order valence-corrected chi connectivity index (χ0v) is 12.9. The van der Waals surface area contributed by atoms with E-state index in [0.29, 0.717) is 11.0 Å². The number of benzene rings is 1. The maximum atomic E-state index is 3.90. The van der Waals surface area contributed by atoms with Gasteiger partial charge in [-0.05, 0) is 80.4 Å². The average Bonchev–Trinajstić information content (AvgIpc) is 2.37. The summed E-state index contributed by atoms with van der Waals surface area (Å²) in [5.41, 5.74) is 4.12. The van der Waals surface area contributed by atoms with Crippen LogP contribution in [-0.2, 0) is 5.41 Å². The van der Waals surface area contributed by atoms with Gasteiger partial charge in [0.1, 0.15) is 0 Å². The Balaban J connectivity index is 1.77. The van der Waals surface area contributed by atoms with E-state index in [1.807, 2.05) is 0 Å². The first-order chi connectivity index (χ1) is 9.65. The Hall–Kier alpha value is -0.820. The minimum absolute atomic E-state index is 0.459. The summed E-state index contributed by atoms with van der Waals surface area (Å²) in [7, 11) is 0. The molecule has 4 bridgehead atoms. The zero-order chi connectivity index (χ0) is 13.8. The SMILES string of the molecule is CCNC12CC3CC(C1)CC(c1ccccc1C)(C3)C2. The van der Waals surface area contributed by atoms with Crippen molar-refractivity contribution in [3.8, 4) is 0 Å². The summed E-state index contributed by atoms with van der Waals surface area (Å²) in [5.74, 6) is 1.94. The molecule has 2 unspecified atom stereocenters. The molecule has 1 N–H and O–H groups in total. The third kappa shape index (κ3) is 1.79. The van der Waals surface area contributed by atoms with Gasteiger partial charge in [0.25, 0.3) is 0 Å². The summed E-state index contributed by atoms with van der Waals surface area (Å²) in [5, 5.41) is 3.90. The number of rotatable bonds is 3. The lowest BCUT2D eigenvalue weighted by atomic mass is 9.45. The summed E-state index contributed by atoms with van der Waals surface area (Å²) in [6, 6.07) is 9.18. The lowest BCUT2D eigenvalue weighted by Crippen LogP contribution is -2.63. The van der Waals surface area contributed by atoms with Crippen LogP contribution < -0.4 is 5.32 Å². The van der Waals surface area contributed by atoms with Crippen molar-refractivity contribution in [1.29, 1.82) is 0 Å². The van der Waals surface area contributed by atoms with Crippen molar-refractivity contribution >= 4 is 0 Å². The van der Waals surface area contributed by atoms with Gasteiger partial charge in [0.05, 0.1) is 0 Å². The molecule has 108 valence electrons. The Morgan fingerprint density at radius 1 is 1.10 bits per heavy atom. The molecule has 4 fully saturated rings. The molecule has 1 heteroatoms. The first kappa shape index (κ1) is 12.9. The highest BCUT2D eigenvalue weighted by atomic mass is 15.0. The predicted molar refractivity (Wildman–Crippen MR) is 83.9 cm³/mol. The van der Waals surface area contributed by atoms with Gasteiger partial charge in [0, 0.05) is 5.54 Å². The van der Waals surface area contributed by atoms with Crippen molar-refractivity contribution in [2.75, 3.05) is 6.54 Å². The van der Waals surface area contributed by atoms with Gasteiger partial charge in [-0.1, -0.05) is 31.2 Å². The fourth-order valence-corrected chi connectivity index (χ4v) is 6.33. The van der Waals surface area contributed by atoms with Crippen LogP contribution in [0.4, 0.5) is 0 Å². The van der Waals surface area contributed by atoms with E-state index in [4.69, 9.17) is 0 Å². The maximum Gasteiger partial charge on any atom is 0.0195 e. The van der Waals surface area contributed by atoms with Crippen molar-refractivity contribution in [1.82, 2.24) is 5.32 Å². The Morgan fingerprint density at radius 3 is 2.45 bits per heavy atom. The minimum atomic E-state index is 0.459. The minimum Gasteiger partial charge on any atom is -0.311 e. The largest absolute Gasteiger partial charge is 0.311 e. The third-order valence-electron chi connectivity index (χ3n) is 6.33. The number of hydrogen-bond acceptors (Lipinski definition) is 1. The Morgan fingerprint density at radius 2 is 1.80 bits per heavy atom. The molecule has 4 aliphatic rings. The lowest BCUT2D eigenvalue weighted by molar-refractivity contribution is -0.0401. The van der Waals surface area contributed by atoms with E-state index in [1.165, 1.54) is 44.1 Å². The fraction of sp³-hybridized carbons (Fsp3) is 0.684. The van der Waals surface area contributed by atoms with E-state index >= 15 is 0 Å². The van der Waals surface area contributed by atoms with E-state index in [1.54, 1.807) is 5.56 Å². The van der Waals surface area contributed by atoms with E-state index in [-0.39, 0.29) is 0 Å². The topological polar surface area (TPSA) is 12.0 Å². The molecule has 0 aliphatic heterocycles. The molecule has 5 rings (SSSR count). The Bertz CT molecular complexity index is 504. The molecule has 0 spiro atoms. The second-order valence-electron chi connectivity index (χ2n) is 7.87. The number of hydrogen-bond donors (Lipinski definition) is 1. The molecule has 20 heavy (non-hydrogen) atoms. The van der Waals surface area contributed by atoms with Gasteiger partial charge in [-0.15, -0.1) is 0 Å². The molecule has 1 aromatic rings. The predicted octanol–water partition coefficient (Wildman–Crippen LogP) is 4.19. The van der Waals surface area contributed by atoms with Gasteiger partial charge in [0.15, 0.2) is 0 Å². The first-order valence-electron chi connectivity index (χ1n) is 8.46. The van der Waals surface area contributed by atoms with Crippen LogP contribution >= 0.6 is 0 Å². The summed E-state index contributed by atoms with van der Waals surface area (Å²) in [6.07, 6.45) is 8.64. The van der Waals surface area contributed by atoms with Gasteiger partial charge in [-0.2, -0.15) is 0 Å². The van der Waals surface area contributed by atoms with E-state index in [0.717, 1.165) is 18.4 Å².